The van der Waals surface area contributed by atoms with Crippen LogP contribution in [0.15, 0.2) is 42.5 Å². The number of aryl methyl sites for hydroxylation is 1. The van der Waals surface area contributed by atoms with Crippen molar-refractivity contribution in [2.45, 2.75) is 20.4 Å². The van der Waals surface area contributed by atoms with Gasteiger partial charge in [0.1, 0.15) is 5.82 Å². The van der Waals surface area contributed by atoms with Crippen molar-refractivity contribution in [2.24, 2.45) is 0 Å². The maximum atomic E-state index is 13.1. The van der Waals surface area contributed by atoms with Crippen LogP contribution in [0, 0.1) is 25.1 Å². The van der Waals surface area contributed by atoms with Crippen LogP contribution < -0.4 is 10.2 Å². The van der Waals surface area contributed by atoms with Crippen molar-refractivity contribution < 1.29 is 13.9 Å². The van der Waals surface area contributed by atoms with Crippen LogP contribution in [0.4, 0.5) is 20.6 Å². The van der Waals surface area contributed by atoms with Crippen molar-refractivity contribution in [1.29, 1.82) is 0 Å². The summed E-state index contributed by atoms with van der Waals surface area (Å²) in [6, 6.07) is 12.0. The molecule has 1 N–H and O–H groups in total. The van der Waals surface area contributed by atoms with Crippen LogP contribution in [0.25, 0.3) is 0 Å². The van der Waals surface area contributed by atoms with Crippen molar-refractivity contribution in [3.8, 4) is 12.3 Å². The zero-order valence-electron chi connectivity index (χ0n) is 14.4. The molecule has 0 fully saturated rings. The van der Waals surface area contributed by atoms with Gasteiger partial charge in [-0.2, -0.15) is 0 Å². The number of amides is 1. The van der Waals surface area contributed by atoms with E-state index in [9.17, 15) is 9.18 Å². The topological polar surface area (TPSA) is 41.6 Å². The van der Waals surface area contributed by atoms with Gasteiger partial charge in [-0.15, -0.1) is 6.42 Å². The molecule has 0 saturated heterocycles. The Morgan fingerprint density at radius 3 is 2.60 bits per heavy atom. The Kier molecular flexibility index (Phi) is 6.41. The predicted molar refractivity (Wildman–Crippen MR) is 98.1 cm³/mol. The van der Waals surface area contributed by atoms with Gasteiger partial charge in [-0.05, 0) is 55.3 Å². The third-order valence-corrected chi connectivity index (χ3v) is 3.66. The number of ether oxygens (including phenoxy) is 1. The number of carbonyl (C=O) groups is 1. The molecule has 0 bridgehead atoms. The molecule has 0 saturated carbocycles. The first-order valence-electron chi connectivity index (χ1n) is 8.00. The first-order chi connectivity index (χ1) is 12.0. The molecule has 1 amide bonds. The van der Waals surface area contributed by atoms with Gasteiger partial charge in [0.05, 0.1) is 13.2 Å². The maximum absolute atomic E-state index is 13.1. The van der Waals surface area contributed by atoms with Crippen LogP contribution in [0.2, 0.25) is 0 Å². The molecule has 0 aliphatic heterocycles. The third-order valence-electron chi connectivity index (χ3n) is 3.66. The average molecular weight is 340 g/mol. The lowest BCUT2D eigenvalue weighted by atomic mass is 10.1. The Morgan fingerprint density at radius 1 is 1.28 bits per heavy atom. The number of nitrogens with zero attached hydrogens (tertiary/aromatic N) is 1. The maximum Gasteiger partial charge on any atom is 0.411 e. The summed E-state index contributed by atoms with van der Waals surface area (Å²) in [4.78, 5) is 13.6. The lowest BCUT2D eigenvalue weighted by molar-refractivity contribution is 0.168. The van der Waals surface area contributed by atoms with Gasteiger partial charge < -0.3 is 9.64 Å². The number of hydrogen-bond donors (Lipinski definition) is 1. The van der Waals surface area contributed by atoms with Crippen molar-refractivity contribution >= 4 is 17.5 Å². The third kappa shape index (κ3) is 5.25. The highest BCUT2D eigenvalue weighted by Gasteiger charge is 2.10. The van der Waals surface area contributed by atoms with E-state index in [0.29, 0.717) is 25.4 Å². The summed E-state index contributed by atoms with van der Waals surface area (Å²) in [5, 5.41) is 2.70. The number of anilines is 2. The summed E-state index contributed by atoms with van der Waals surface area (Å²) < 4.78 is 17.9. The molecule has 5 heteroatoms. The fourth-order valence-electron chi connectivity index (χ4n) is 2.42. The summed E-state index contributed by atoms with van der Waals surface area (Å²) in [5.74, 6) is 2.38. The SMILES string of the molecule is C#CCN(Cc1ccc(F)cc1)c1ccc(NC(=O)OCC)c(C)c1. The average Bonchev–Trinajstić information content (AvgIpc) is 2.58. The first-order valence-corrected chi connectivity index (χ1v) is 8.00. The molecule has 0 atom stereocenters. The molecule has 0 aliphatic rings. The fourth-order valence-corrected chi connectivity index (χ4v) is 2.42. The van der Waals surface area contributed by atoms with Gasteiger partial charge >= 0.3 is 6.09 Å². The Labute approximate surface area is 147 Å². The smallest absolute Gasteiger partial charge is 0.411 e. The highest BCUT2D eigenvalue weighted by atomic mass is 19.1. The van der Waals surface area contributed by atoms with Crippen LogP contribution in [0.5, 0.6) is 0 Å². The zero-order valence-corrected chi connectivity index (χ0v) is 14.4. The number of hydrogen-bond acceptors (Lipinski definition) is 3. The number of carbonyl (C=O) groups excluding carboxylic acids is 1. The van der Waals surface area contributed by atoms with Crippen LogP contribution >= 0.6 is 0 Å². The summed E-state index contributed by atoms with van der Waals surface area (Å²) in [5.41, 5.74) is 3.47. The number of rotatable bonds is 6. The molecule has 0 aromatic heterocycles. The van der Waals surface area contributed by atoms with E-state index in [-0.39, 0.29) is 5.82 Å². The van der Waals surface area contributed by atoms with Crippen molar-refractivity contribution in [3.63, 3.8) is 0 Å². The molecule has 0 spiro atoms. The van der Waals surface area contributed by atoms with E-state index in [1.807, 2.05) is 30.0 Å². The second kappa shape index (κ2) is 8.74. The number of terminal acetylenes is 1. The second-order valence-corrected chi connectivity index (χ2v) is 5.53. The van der Waals surface area contributed by atoms with E-state index in [2.05, 4.69) is 11.2 Å². The summed E-state index contributed by atoms with van der Waals surface area (Å²) in [7, 11) is 0. The van der Waals surface area contributed by atoms with E-state index in [1.165, 1.54) is 12.1 Å². The zero-order chi connectivity index (χ0) is 18.2. The quantitative estimate of drug-likeness (QED) is 0.795. The molecule has 0 radical (unpaired) electrons. The Bertz CT molecular complexity index is 766. The van der Waals surface area contributed by atoms with Crippen LogP contribution in [0.3, 0.4) is 0 Å². The number of nitrogens with one attached hydrogen (secondary N) is 1. The van der Waals surface area contributed by atoms with E-state index in [1.54, 1.807) is 19.1 Å². The lowest BCUT2D eigenvalue weighted by Gasteiger charge is -2.24. The minimum absolute atomic E-state index is 0.266. The molecule has 2 aromatic carbocycles. The molecule has 2 rings (SSSR count). The van der Waals surface area contributed by atoms with E-state index in [0.717, 1.165) is 16.8 Å². The monoisotopic (exact) mass is 340 g/mol. The largest absolute Gasteiger partial charge is 0.450 e. The summed E-state index contributed by atoms with van der Waals surface area (Å²) >= 11 is 0. The Balaban J connectivity index is 2.18. The normalized spacial score (nSPS) is 10.0. The first kappa shape index (κ1) is 18.3. The molecular weight excluding hydrogens is 319 g/mol. The van der Waals surface area contributed by atoms with Crippen molar-refractivity contribution in [2.75, 3.05) is 23.4 Å². The second-order valence-electron chi connectivity index (χ2n) is 5.53. The van der Waals surface area contributed by atoms with Crippen molar-refractivity contribution in [1.82, 2.24) is 0 Å². The lowest BCUT2D eigenvalue weighted by Crippen LogP contribution is -2.23. The van der Waals surface area contributed by atoms with Gasteiger partial charge in [-0.3, -0.25) is 5.32 Å². The standard InChI is InChI=1S/C20H21FN2O2/c1-4-12-23(14-16-6-8-17(21)9-7-16)18-10-11-19(15(3)13-18)22-20(24)25-5-2/h1,6-11,13H,5,12,14H2,2-3H3,(H,22,24). The molecule has 0 unspecified atom stereocenters. The minimum atomic E-state index is -0.481. The highest BCUT2D eigenvalue weighted by Crippen LogP contribution is 2.24. The Hall–Kier alpha value is -3.00. The molecular formula is C20H21FN2O2. The van der Waals surface area contributed by atoms with Gasteiger partial charge in [0.2, 0.25) is 0 Å². The van der Waals surface area contributed by atoms with E-state index >= 15 is 0 Å². The van der Waals surface area contributed by atoms with Gasteiger partial charge in [0, 0.05) is 17.9 Å². The molecule has 4 nitrogen and oxygen atoms in total. The highest BCUT2D eigenvalue weighted by molar-refractivity contribution is 5.86. The number of halogens is 1. The molecule has 0 heterocycles. The number of benzene rings is 2. The van der Waals surface area contributed by atoms with E-state index < -0.39 is 6.09 Å². The van der Waals surface area contributed by atoms with Gasteiger partial charge in [0.25, 0.3) is 0 Å². The molecule has 130 valence electrons. The van der Waals surface area contributed by atoms with Gasteiger partial charge in [-0.1, -0.05) is 18.1 Å². The fraction of sp³-hybridized carbons (Fsp3) is 0.250. The van der Waals surface area contributed by atoms with Gasteiger partial charge in [-0.25, -0.2) is 9.18 Å². The summed E-state index contributed by atoms with van der Waals surface area (Å²) in [6.45, 7) is 4.95. The minimum Gasteiger partial charge on any atom is -0.450 e. The van der Waals surface area contributed by atoms with E-state index in [4.69, 9.17) is 11.2 Å². The van der Waals surface area contributed by atoms with Crippen LogP contribution in [-0.4, -0.2) is 19.2 Å². The summed E-state index contributed by atoms with van der Waals surface area (Å²) in [6.07, 6.45) is 5.01. The molecule has 25 heavy (non-hydrogen) atoms. The van der Waals surface area contributed by atoms with Crippen LogP contribution in [0.1, 0.15) is 18.1 Å². The van der Waals surface area contributed by atoms with Crippen molar-refractivity contribution in [3.05, 3.63) is 59.4 Å². The molecule has 2 aromatic rings. The predicted octanol–water partition coefficient (Wildman–Crippen LogP) is 4.34. The van der Waals surface area contributed by atoms with Crippen LogP contribution in [-0.2, 0) is 11.3 Å². The molecule has 0 aliphatic carbocycles. The van der Waals surface area contributed by atoms with Gasteiger partial charge in [0.15, 0.2) is 0 Å². The Morgan fingerprint density at radius 2 is 2.00 bits per heavy atom.